The molecule has 4 aromatic rings. The van der Waals surface area contributed by atoms with Crippen LogP contribution in [0.15, 0.2) is 69.7 Å². The van der Waals surface area contributed by atoms with E-state index in [1.54, 1.807) is 16.5 Å². The Morgan fingerprint density at radius 3 is 2.45 bits per heavy atom. The summed E-state index contributed by atoms with van der Waals surface area (Å²) in [5.41, 5.74) is 3.70. The predicted octanol–water partition coefficient (Wildman–Crippen LogP) is 3.21. The van der Waals surface area contributed by atoms with Crippen LogP contribution in [-0.4, -0.2) is 30.3 Å². The largest absolute Gasteiger partial charge is 0.385 e. The van der Waals surface area contributed by atoms with Crippen molar-refractivity contribution in [3.63, 3.8) is 0 Å². The number of thiazole rings is 1. The number of rotatable bonds is 7. The SMILES string of the molecule is CC(=O)NS(=O)(=O)c1ccc(NCCc2c(C)nc3scc(-c4ccccc4)n3c2=O)cc1. The highest BCUT2D eigenvalue weighted by Crippen LogP contribution is 2.24. The van der Waals surface area contributed by atoms with Crippen LogP contribution >= 0.6 is 11.3 Å². The highest BCUT2D eigenvalue weighted by molar-refractivity contribution is 7.90. The lowest BCUT2D eigenvalue weighted by Gasteiger charge is -2.10. The van der Waals surface area contributed by atoms with E-state index in [1.165, 1.54) is 23.5 Å². The number of hydrogen-bond donors (Lipinski definition) is 2. The number of aromatic nitrogens is 2. The van der Waals surface area contributed by atoms with Gasteiger partial charge in [-0.1, -0.05) is 30.3 Å². The zero-order valence-corrected chi connectivity index (χ0v) is 19.7. The average Bonchev–Trinajstić information content (AvgIpc) is 3.20. The van der Waals surface area contributed by atoms with E-state index in [2.05, 4.69) is 10.3 Å². The van der Waals surface area contributed by atoms with Crippen LogP contribution in [0.1, 0.15) is 18.2 Å². The second-order valence-electron chi connectivity index (χ2n) is 7.45. The highest BCUT2D eigenvalue weighted by Gasteiger charge is 2.16. The van der Waals surface area contributed by atoms with Gasteiger partial charge in [0.15, 0.2) is 4.96 Å². The van der Waals surface area contributed by atoms with E-state index in [0.29, 0.717) is 34.9 Å². The first-order chi connectivity index (χ1) is 15.8. The van der Waals surface area contributed by atoms with Gasteiger partial charge < -0.3 is 5.32 Å². The summed E-state index contributed by atoms with van der Waals surface area (Å²) in [4.78, 5) is 29.6. The Balaban J connectivity index is 1.52. The van der Waals surface area contributed by atoms with Crippen LogP contribution in [0.2, 0.25) is 0 Å². The normalized spacial score (nSPS) is 11.5. The summed E-state index contributed by atoms with van der Waals surface area (Å²) in [6.45, 7) is 3.44. The molecule has 2 N–H and O–H groups in total. The van der Waals surface area contributed by atoms with Crippen molar-refractivity contribution in [1.29, 1.82) is 0 Å². The minimum Gasteiger partial charge on any atom is -0.385 e. The minimum atomic E-state index is -3.87. The number of anilines is 1. The molecule has 2 heterocycles. The third kappa shape index (κ3) is 4.81. The Morgan fingerprint density at radius 1 is 1.09 bits per heavy atom. The lowest BCUT2D eigenvalue weighted by atomic mass is 10.1. The first-order valence-corrected chi connectivity index (χ1v) is 12.5. The maximum absolute atomic E-state index is 13.3. The average molecular weight is 483 g/mol. The fourth-order valence-electron chi connectivity index (χ4n) is 3.52. The number of nitrogens with one attached hydrogen (secondary N) is 2. The van der Waals surface area contributed by atoms with Gasteiger partial charge >= 0.3 is 0 Å². The molecule has 8 nitrogen and oxygen atoms in total. The number of amides is 1. The Kier molecular flexibility index (Phi) is 6.30. The van der Waals surface area contributed by atoms with Crippen LogP contribution < -0.4 is 15.6 Å². The molecule has 2 aromatic carbocycles. The van der Waals surface area contributed by atoms with Crippen molar-refractivity contribution in [2.45, 2.75) is 25.2 Å². The van der Waals surface area contributed by atoms with E-state index < -0.39 is 15.9 Å². The highest BCUT2D eigenvalue weighted by atomic mass is 32.2. The van der Waals surface area contributed by atoms with E-state index >= 15 is 0 Å². The number of carbonyl (C=O) groups is 1. The molecule has 0 fully saturated rings. The molecular weight excluding hydrogens is 460 g/mol. The minimum absolute atomic E-state index is 0.00195. The van der Waals surface area contributed by atoms with Crippen LogP contribution in [0.4, 0.5) is 5.69 Å². The standard InChI is InChI=1S/C23H22N4O4S2/c1-15-20(12-13-24-18-8-10-19(11-9-18)33(30,31)26-16(2)28)22(29)27-21(14-32-23(27)25-15)17-6-4-3-5-7-17/h3-11,14,24H,12-13H2,1-2H3,(H,26,28). The van der Waals surface area contributed by atoms with Gasteiger partial charge in [0.1, 0.15) is 0 Å². The molecule has 33 heavy (non-hydrogen) atoms. The third-order valence-corrected chi connectivity index (χ3v) is 7.36. The van der Waals surface area contributed by atoms with Crippen molar-refractivity contribution >= 4 is 37.9 Å². The molecule has 0 aliphatic heterocycles. The molecule has 0 saturated carbocycles. The molecule has 2 aromatic heterocycles. The van der Waals surface area contributed by atoms with Crippen LogP contribution in [0.25, 0.3) is 16.2 Å². The fourth-order valence-corrected chi connectivity index (χ4v) is 5.44. The number of aryl methyl sites for hydroxylation is 1. The molecule has 4 rings (SSSR count). The Morgan fingerprint density at radius 2 is 1.79 bits per heavy atom. The number of fused-ring (bicyclic) bond motifs is 1. The summed E-state index contributed by atoms with van der Waals surface area (Å²) in [6, 6.07) is 15.8. The second-order valence-corrected chi connectivity index (χ2v) is 9.97. The van der Waals surface area contributed by atoms with Gasteiger partial charge in [-0.25, -0.2) is 18.1 Å². The lowest BCUT2D eigenvalue weighted by molar-refractivity contribution is -0.117. The summed E-state index contributed by atoms with van der Waals surface area (Å²) < 4.78 is 27.7. The Hall–Kier alpha value is -3.50. The third-order valence-electron chi connectivity index (χ3n) is 5.09. The molecule has 0 spiro atoms. The molecule has 1 amide bonds. The maximum Gasteiger partial charge on any atom is 0.264 e. The monoisotopic (exact) mass is 482 g/mol. The van der Waals surface area contributed by atoms with Gasteiger partial charge in [0.2, 0.25) is 5.91 Å². The maximum atomic E-state index is 13.3. The topological polar surface area (TPSA) is 110 Å². The van der Waals surface area contributed by atoms with Crippen LogP contribution in [0, 0.1) is 6.92 Å². The molecule has 0 aliphatic rings. The van der Waals surface area contributed by atoms with Gasteiger partial charge in [-0.05, 0) is 43.2 Å². The van der Waals surface area contributed by atoms with Crippen LogP contribution in [-0.2, 0) is 21.2 Å². The van der Waals surface area contributed by atoms with Crippen LogP contribution in [0.5, 0.6) is 0 Å². The predicted molar refractivity (Wildman–Crippen MR) is 129 cm³/mol. The van der Waals surface area contributed by atoms with Crippen LogP contribution in [0.3, 0.4) is 0 Å². The van der Waals surface area contributed by atoms with E-state index in [9.17, 15) is 18.0 Å². The van der Waals surface area contributed by atoms with Crippen molar-refractivity contribution in [2.75, 3.05) is 11.9 Å². The molecule has 0 unspecified atom stereocenters. The summed E-state index contributed by atoms with van der Waals surface area (Å²) in [7, 11) is -3.87. The number of hydrogen-bond acceptors (Lipinski definition) is 7. The lowest BCUT2D eigenvalue weighted by Crippen LogP contribution is -2.28. The first-order valence-electron chi connectivity index (χ1n) is 10.2. The van der Waals surface area contributed by atoms with Crippen molar-refractivity contribution in [1.82, 2.24) is 14.1 Å². The van der Waals surface area contributed by atoms with Crippen molar-refractivity contribution in [2.24, 2.45) is 0 Å². The van der Waals surface area contributed by atoms with Gasteiger partial charge in [0.25, 0.3) is 15.6 Å². The zero-order chi connectivity index (χ0) is 23.6. The van der Waals surface area contributed by atoms with Crippen molar-refractivity contribution in [3.8, 4) is 11.3 Å². The number of sulfonamides is 1. The molecule has 10 heteroatoms. The van der Waals surface area contributed by atoms with E-state index in [4.69, 9.17) is 0 Å². The molecule has 0 aliphatic carbocycles. The summed E-state index contributed by atoms with van der Waals surface area (Å²) in [5, 5.41) is 5.14. The zero-order valence-electron chi connectivity index (χ0n) is 18.0. The van der Waals surface area contributed by atoms with Gasteiger partial charge in [0.05, 0.1) is 10.6 Å². The molecule has 0 saturated heterocycles. The van der Waals surface area contributed by atoms with Gasteiger partial charge in [0, 0.05) is 35.8 Å². The van der Waals surface area contributed by atoms with Gasteiger partial charge in [-0.2, -0.15) is 0 Å². The number of benzene rings is 2. The molecule has 0 bridgehead atoms. The summed E-state index contributed by atoms with van der Waals surface area (Å²) >= 11 is 1.43. The number of nitrogens with zero attached hydrogens (tertiary/aromatic N) is 2. The number of carbonyl (C=O) groups excluding carboxylic acids is 1. The molecule has 0 atom stereocenters. The van der Waals surface area contributed by atoms with Gasteiger partial charge in [-0.3, -0.25) is 14.0 Å². The summed E-state index contributed by atoms with van der Waals surface area (Å²) in [6.07, 6.45) is 0.455. The first kappa shape index (κ1) is 22.7. The second kappa shape index (κ2) is 9.16. The Bertz CT molecular complexity index is 1470. The quantitative estimate of drug-likeness (QED) is 0.419. The van der Waals surface area contributed by atoms with Gasteiger partial charge in [-0.15, -0.1) is 11.3 Å². The molecule has 170 valence electrons. The molecular formula is C23H22N4O4S2. The Labute approximate surface area is 195 Å². The fraction of sp³-hybridized carbons (Fsp3) is 0.174. The van der Waals surface area contributed by atoms with E-state index in [-0.39, 0.29) is 10.5 Å². The van der Waals surface area contributed by atoms with E-state index in [1.807, 2.05) is 47.4 Å². The van der Waals surface area contributed by atoms with Crippen molar-refractivity contribution in [3.05, 3.63) is 81.6 Å². The molecule has 0 radical (unpaired) electrons. The smallest absolute Gasteiger partial charge is 0.264 e. The van der Waals surface area contributed by atoms with E-state index in [0.717, 1.165) is 18.2 Å². The summed E-state index contributed by atoms with van der Waals surface area (Å²) in [5.74, 6) is -0.648. The van der Waals surface area contributed by atoms with Crippen molar-refractivity contribution < 1.29 is 13.2 Å².